The van der Waals surface area contributed by atoms with E-state index < -0.39 is 0 Å². The van der Waals surface area contributed by atoms with Crippen LogP contribution in [0.1, 0.15) is 54.0 Å². The molecule has 7 aromatic carbocycles. The normalized spacial score (nSPS) is 18.3. The number of rotatable bonds is 5. The maximum atomic E-state index is 7.11. The summed E-state index contributed by atoms with van der Waals surface area (Å²) >= 11 is 0. The number of hydrogen-bond donors (Lipinski definition) is 0. The molecule has 2 unspecified atom stereocenters. The van der Waals surface area contributed by atoms with Crippen LogP contribution in [0.3, 0.4) is 0 Å². The molecule has 0 N–H and O–H groups in total. The third kappa shape index (κ3) is 4.80. The second-order valence-electron chi connectivity index (χ2n) is 16.7. The van der Waals surface area contributed by atoms with E-state index in [1.807, 2.05) is 0 Å². The van der Waals surface area contributed by atoms with Crippen molar-refractivity contribution in [2.45, 2.75) is 44.1 Å². The SMILES string of the molecule is CC1(C)C2=C(c3ccccc31)C1Oc3ccccc3C1C(N(c1ccc(-c3cccc4c3CCC=C4)cc1)c1ccc3c4ccccc4n(-c4ccccc4)c3c1)=C2. The molecule has 0 amide bonds. The Morgan fingerprint density at radius 2 is 1.40 bits per heavy atom. The van der Waals surface area contributed by atoms with E-state index in [1.165, 1.54) is 77.6 Å². The number of allylic oxidation sites excluding steroid dienone is 3. The first-order valence-electron chi connectivity index (χ1n) is 20.6. The summed E-state index contributed by atoms with van der Waals surface area (Å²) in [5.74, 6) is 0.956. The van der Waals surface area contributed by atoms with Gasteiger partial charge in [0, 0.05) is 50.1 Å². The number of ether oxygens (including phenoxy) is 1. The summed E-state index contributed by atoms with van der Waals surface area (Å²) in [6, 6.07) is 60.3. The third-order valence-electron chi connectivity index (χ3n) is 13.3. The summed E-state index contributed by atoms with van der Waals surface area (Å²) in [6.07, 6.45) is 9.09. The van der Waals surface area contributed by atoms with E-state index in [-0.39, 0.29) is 17.4 Å². The Bertz CT molecular complexity index is 3070. The fourth-order valence-corrected chi connectivity index (χ4v) is 10.6. The molecule has 3 nitrogen and oxygen atoms in total. The molecule has 58 heavy (non-hydrogen) atoms. The average Bonchev–Trinajstić information content (AvgIpc) is 3.90. The second-order valence-corrected chi connectivity index (χ2v) is 16.7. The van der Waals surface area contributed by atoms with E-state index in [0.29, 0.717) is 0 Å². The van der Waals surface area contributed by atoms with Gasteiger partial charge in [0.1, 0.15) is 11.9 Å². The molecule has 0 radical (unpaired) electrons. The smallest absolute Gasteiger partial charge is 0.137 e. The lowest BCUT2D eigenvalue weighted by molar-refractivity contribution is 0.272. The fourth-order valence-electron chi connectivity index (χ4n) is 10.6. The summed E-state index contributed by atoms with van der Waals surface area (Å²) in [5, 5.41) is 2.49. The van der Waals surface area contributed by atoms with E-state index >= 15 is 0 Å². The van der Waals surface area contributed by atoms with Crippen molar-refractivity contribution < 1.29 is 4.74 Å². The van der Waals surface area contributed by atoms with Crippen molar-refractivity contribution in [2.24, 2.45) is 0 Å². The van der Waals surface area contributed by atoms with Crippen LogP contribution >= 0.6 is 0 Å². The number of hydrogen-bond acceptors (Lipinski definition) is 2. The van der Waals surface area contributed by atoms with E-state index in [1.54, 1.807) is 0 Å². The average molecular weight is 747 g/mol. The molecule has 4 aliphatic rings. The zero-order valence-electron chi connectivity index (χ0n) is 32.7. The highest BCUT2D eigenvalue weighted by Crippen LogP contribution is 2.59. The van der Waals surface area contributed by atoms with Gasteiger partial charge < -0.3 is 14.2 Å². The Morgan fingerprint density at radius 1 is 0.655 bits per heavy atom. The molecule has 0 fully saturated rings. The molecule has 8 aromatic rings. The van der Waals surface area contributed by atoms with Crippen LogP contribution in [0, 0.1) is 0 Å². The van der Waals surface area contributed by atoms with Gasteiger partial charge in [-0.2, -0.15) is 0 Å². The number of benzene rings is 7. The maximum Gasteiger partial charge on any atom is 0.137 e. The number of fused-ring (bicyclic) bond motifs is 10. The summed E-state index contributed by atoms with van der Waals surface area (Å²) < 4.78 is 9.53. The Kier molecular flexibility index (Phi) is 7.23. The summed E-state index contributed by atoms with van der Waals surface area (Å²) in [4.78, 5) is 2.53. The van der Waals surface area contributed by atoms with Crippen molar-refractivity contribution in [1.82, 2.24) is 4.57 Å². The van der Waals surface area contributed by atoms with E-state index in [2.05, 4.69) is 205 Å². The van der Waals surface area contributed by atoms with E-state index in [4.69, 9.17) is 4.74 Å². The van der Waals surface area contributed by atoms with Gasteiger partial charge >= 0.3 is 0 Å². The number of aromatic nitrogens is 1. The van der Waals surface area contributed by atoms with Gasteiger partial charge in [-0.25, -0.2) is 0 Å². The second kappa shape index (κ2) is 12.6. The lowest BCUT2D eigenvalue weighted by Crippen LogP contribution is -2.33. The Morgan fingerprint density at radius 3 is 2.29 bits per heavy atom. The van der Waals surface area contributed by atoms with Crippen LogP contribution in [-0.4, -0.2) is 10.7 Å². The largest absolute Gasteiger partial charge is 0.484 e. The molecular formula is C55H42N2O. The molecule has 2 heterocycles. The summed E-state index contributed by atoms with van der Waals surface area (Å²) in [7, 11) is 0. The van der Waals surface area contributed by atoms with Crippen LogP contribution in [-0.2, 0) is 11.8 Å². The van der Waals surface area contributed by atoms with Crippen molar-refractivity contribution >= 4 is 44.8 Å². The fraction of sp³-hybridized carbons (Fsp3) is 0.127. The van der Waals surface area contributed by atoms with Gasteiger partial charge in [-0.05, 0) is 106 Å². The quantitative estimate of drug-likeness (QED) is 0.174. The molecule has 2 atom stereocenters. The van der Waals surface area contributed by atoms with Crippen molar-refractivity contribution in [1.29, 1.82) is 0 Å². The lowest BCUT2D eigenvalue weighted by atomic mass is 9.75. The molecule has 1 aromatic heterocycles. The minimum atomic E-state index is -0.194. The van der Waals surface area contributed by atoms with E-state index in [9.17, 15) is 0 Å². The molecule has 0 saturated heterocycles. The number of anilines is 2. The van der Waals surface area contributed by atoms with E-state index in [0.717, 1.165) is 35.7 Å². The number of para-hydroxylation sites is 3. The van der Waals surface area contributed by atoms with Gasteiger partial charge in [-0.15, -0.1) is 0 Å². The molecular weight excluding hydrogens is 705 g/mol. The Hall–Kier alpha value is -6.84. The standard InChI is InChI=1S/C55H42N2O/c1-55(2)46-24-11-8-21-44(46)52-47(55)34-50(53-45-22-10-13-26-51(45)58-54(52)53)56(38-29-27-36(28-30-38)41-23-14-16-35-15-6-7-19-40(35)41)39-31-32-43-42-20-9-12-25-48(42)57(49(43)33-39)37-17-4-3-5-18-37/h3-6,8-18,20-34,53-54H,7,19H2,1-2H3. The van der Waals surface area contributed by atoms with Crippen LogP contribution in [0.5, 0.6) is 5.75 Å². The predicted octanol–water partition coefficient (Wildman–Crippen LogP) is 13.7. The van der Waals surface area contributed by atoms with Crippen molar-refractivity contribution in [2.75, 3.05) is 4.90 Å². The highest BCUT2D eigenvalue weighted by atomic mass is 16.5. The first kappa shape index (κ1) is 33.3. The molecule has 12 rings (SSSR count). The molecule has 0 bridgehead atoms. The zero-order valence-corrected chi connectivity index (χ0v) is 32.7. The predicted molar refractivity (Wildman–Crippen MR) is 240 cm³/mol. The highest BCUT2D eigenvalue weighted by molar-refractivity contribution is 6.10. The Balaban J connectivity index is 1.11. The zero-order chi connectivity index (χ0) is 38.5. The molecule has 3 heteroatoms. The van der Waals surface area contributed by atoms with Crippen LogP contribution in [0.4, 0.5) is 11.4 Å². The highest BCUT2D eigenvalue weighted by Gasteiger charge is 2.50. The van der Waals surface area contributed by atoms with Gasteiger partial charge in [0.15, 0.2) is 0 Å². The summed E-state index contributed by atoms with van der Waals surface area (Å²) in [5.41, 5.74) is 18.7. The van der Waals surface area contributed by atoms with Gasteiger partial charge in [0.05, 0.1) is 17.0 Å². The molecule has 0 spiro atoms. The lowest BCUT2D eigenvalue weighted by Gasteiger charge is -2.38. The first-order valence-corrected chi connectivity index (χ1v) is 20.6. The van der Waals surface area contributed by atoms with Crippen molar-refractivity contribution in [3.8, 4) is 22.6 Å². The van der Waals surface area contributed by atoms with Crippen LogP contribution < -0.4 is 9.64 Å². The van der Waals surface area contributed by atoms with Crippen molar-refractivity contribution in [3.63, 3.8) is 0 Å². The minimum absolute atomic E-state index is 0.0137. The molecule has 278 valence electrons. The minimum Gasteiger partial charge on any atom is -0.484 e. The number of nitrogens with zero attached hydrogens (tertiary/aromatic N) is 2. The molecule has 1 aliphatic heterocycles. The van der Waals surface area contributed by atoms with Gasteiger partial charge in [-0.3, -0.25) is 0 Å². The first-order chi connectivity index (χ1) is 28.5. The van der Waals surface area contributed by atoms with Gasteiger partial charge in [0.2, 0.25) is 0 Å². The van der Waals surface area contributed by atoms with Crippen LogP contribution in [0.15, 0.2) is 187 Å². The van der Waals surface area contributed by atoms with Crippen LogP contribution in [0.25, 0.3) is 50.3 Å². The monoisotopic (exact) mass is 746 g/mol. The van der Waals surface area contributed by atoms with Crippen molar-refractivity contribution in [3.05, 3.63) is 215 Å². The maximum absolute atomic E-state index is 7.11. The molecule has 3 aliphatic carbocycles. The Labute approximate surface area is 339 Å². The molecule has 0 saturated carbocycles. The van der Waals surface area contributed by atoms with Crippen LogP contribution in [0.2, 0.25) is 0 Å². The summed E-state index contributed by atoms with van der Waals surface area (Å²) in [6.45, 7) is 4.76. The topological polar surface area (TPSA) is 17.4 Å². The third-order valence-corrected chi connectivity index (χ3v) is 13.3. The van der Waals surface area contributed by atoms with Gasteiger partial charge in [-0.1, -0.05) is 141 Å². The van der Waals surface area contributed by atoms with Gasteiger partial charge in [0.25, 0.3) is 0 Å².